The zero-order valence-electron chi connectivity index (χ0n) is 23.2. The lowest BCUT2D eigenvalue weighted by atomic mass is 10.1. The summed E-state index contributed by atoms with van der Waals surface area (Å²) in [6.45, 7) is 1.94. The van der Waals surface area contributed by atoms with Crippen molar-refractivity contribution >= 4 is 57.7 Å². The molecule has 3 amide bonds. The van der Waals surface area contributed by atoms with Gasteiger partial charge in [0.1, 0.15) is 5.70 Å². The van der Waals surface area contributed by atoms with Gasteiger partial charge in [0, 0.05) is 27.1 Å². The number of amides is 3. The minimum absolute atomic E-state index is 0.110. The molecule has 1 heterocycles. The van der Waals surface area contributed by atoms with Gasteiger partial charge in [-0.25, -0.2) is 4.98 Å². The van der Waals surface area contributed by atoms with Crippen molar-refractivity contribution in [2.45, 2.75) is 11.8 Å². The summed E-state index contributed by atoms with van der Waals surface area (Å²) in [4.78, 5) is 44.3. The van der Waals surface area contributed by atoms with Crippen LogP contribution in [-0.2, 0) is 9.59 Å². The first-order valence-corrected chi connectivity index (χ1v) is 15.3. The van der Waals surface area contributed by atoms with Gasteiger partial charge in [-0.15, -0.1) is 23.1 Å². The molecule has 214 valence electrons. The number of nitrogens with one attached hydrogen (secondary N) is 3. The van der Waals surface area contributed by atoms with E-state index in [-0.39, 0.29) is 23.3 Å². The topological polar surface area (TPSA) is 100 Å². The number of rotatable bonds is 10. The van der Waals surface area contributed by atoms with E-state index in [0.717, 1.165) is 27.3 Å². The molecule has 0 atom stereocenters. The number of carbonyl (C=O) groups excluding carboxylic acids is 3. The van der Waals surface area contributed by atoms with Crippen LogP contribution in [0, 0.1) is 6.92 Å². The molecule has 5 aromatic rings. The Balaban J connectivity index is 1.23. The zero-order valence-corrected chi connectivity index (χ0v) is 24.9. The standard InChI is InChI=1S/C34H28N4O3S2/c1-23-11-8-9-16-26(23)19-29(36-32(40)25-14-6-3-7-15-25)33(41)35-27-17-10-18-28(20-27)42-22-31(39)38-34-37-30(21-43-34)24-12-4-2-5-13-24/h2-21H,22H2,1H3,(H,35,41)(H,36,40)(H,37,38,39)/b29-19-. The maximum absolute atomic E-state index is 13.4. The number of aryl methyl sites for hydroxylation is 1. The number of hydrogen-bond donors (Lipinski definition) is 3. The number of thiazole rings is 1. The first-order valence-electron chi connectivity index (χ1n) is 13.4. The average molecular weight is 605 g/mol. The molecule has 5 rings (SSSR count). The zero-order chi connectivity index (χ0) is 30.0. The van der Waals surface area contributed by atoms with Gasteiger partial charge in [-0.2, -0.15) is 0 Å². The molecular weight excluding hydrogens is 577 g/mol. The minimum atomic E-state index is -0.467. The molecule has 0 spiro atoms. The molecule has 1 aromatic heterocycles. The number of thioether (sulfide) groups is 1. The third-order valence-corrected chi connectivity index (χ3v) is 8.05. The second kappa shape index (κ2) is 14.3. The van der Waals surface area contributed by atoms with Gasteiger partial charge < -0.3 is 16.0 Å². The van der Waals surface area contributed by atoms with Gasteiger partial charge >= 0.3 is 0 Å². The van der Waals surface area contributed by atoms with Crippen LogP contribution in [0.5, 0.6) is 0 Å². The Hall–Kier alpha value is -4.99. The lowest BCUT2D eigenvalue weighted by Gasteiger charge is -2.13. The van der Waals surface area contributed by atoms with E-state index in [4.69, 9.17) is 0 Å². The Bertz CT molecular complexity index is 1770. The Labute approximate surface area is 258 Å². The van der Waals surface area contributed by atoms with Gasteiger partial charge in [0.15, 0.2) is 5.13 Å². The average Bonchev–Trinajstić information content (AvgIpc) is 3.50. The van der Waals surface area contributed by atoms with Gasteiger partial charge in [0.05, 0.1) is 11.4 Å². The van der Waals surface area contributed by atoms with Crippen molar-refractivity contribution in [2.24, 2.45) is 0 Å². The molecule has 43 heavy (non-hydrogen) atoms. The molecule has 4 aromatic carbocycles. The first kappa shape index (κ1) is 29.5. The molecule has 0 bridgehead atoms. The van der Waals surface area contributed by atoms with E-state index in [2.05, 4.69) is 20.9 Å². The molecule has 9 heteroatoms. The molecule has 0 saturated heterocycles. The highest BCUT2D eigenvalue weighted by Gasteiger charge is 2.16. The van der Waals surface area contributed by atoms with Crippen LogP contribution in [0.15, 0.2) is 125 Å². The molecule has 7 nitrogen and oxygen atoms in total. The molecule has 0 unspecified atom stereocenters. The van der Waals surface area contributed by atoms with Gasteiger partial charge in [-0.05, 0) is 54.5 Å². The van der Waals surface area contributed by atoms with Crippen molar-refractivity contribution in [3.63, 3.8) is 0 Å². The van der Waals surface area contributed by atoms with E-state index < -0.39 is 5.91 Å². The number of nitrogens with zero attached hydrogens (tertiary/aromatic N) is 1. The van der Waals surface area contributed by atoms with Gasteiger partial charge in [-0.1, -0.05) is 78.9 Å². The smallest absolute Gasteiger partial charge is 0.272 e. The van der Waals surface area contributed by atoms with Crippen LogP contribution in [0.3, 0.4) is 0 Å². The Morgan fingerprint density at radius 1 is 0.837 bits per heavy atom. The normalized spacial score (nSPS) is 11.0. The molecule has 3 N–H and O–H groups in total. The molecule has 0 saturated carbocycles. The van der Waals surface area contributed by atoms with Crippen LogP contribution in [-0.4, -0.2) is 28.5 Å². The SMILES string of the molecule is Cc1ccccc1/C=C(\NC(=O)c1ccccc1)C(=O)Nc1cccc(SCC(=O)Nc2nc(-c3ccccc3)cs2)c1. The summed E-state index contributed by atoms with van der Waals surface area (Å²) < 4.78 is 0. The van der Waals surface area contributed by atoms with E-state index >= 15 is 0 Å². The van der Waals surface area contributed by atoms with Crippen LogP contribution < -0.4 is 16.0 Å². The second-order valence-electron chi connectivity index (χ2n) is 9.46. The van der Waals surface area contributed by atoms with Crippen LogP contribution >= 0.6 is 23.1 Å². The summed E-state index contributed by atoms with van der Waals surface area (Å²) in [7, 11) is 0. The van der Waals surface area contributed by atoms with E-state index in [1.54, 1.807) is 48.5 Å². The van der Waals surface area contributed by atoms with Crippen molar-refractivity contribution < 1.29 is 14.4 Å². The summed E-state index contributed by atoms with van der Waals surface area (Å²) >= 11 is 2.72. The van der Waals surface area contributed by atoms with E-state index in [0.29, 0.717) is 16.4 Å². The number of benzene rings is 4. The Kier molecular flexibility index (Phi) is 9.78. The van der Waals surface area contributed by atoms with E-state index in [1.807, 2.05) is 79.0 Å². The highest BCUT2D eigenvalue weighted by molar-refractivity contribution is 8.00. The fraction of sp³-hybridized carbons (Fsp3) is 0.0588. The lowest BCUT2D eigenvalue weighted by Crippen LogP contribution is -2.30. The molecular formula is C34H28N4O3S2. The van der Waals surface area contributed by atoms with Crippen molar-refractivity contribution in [1.29, 1.82) is 0 Å². The largest absolute Gasteiger partial charge is 0.321 e. The Morgan fingerprint density at radius 3 is 2.33 bits per heavy atom. The van der Waals surface area contributed by atoms with Crippen molar-refractivity contribution in [3.8, 4) is 11.3 Å². The van der Waals surface area contributed by atoms with Crippen LogP contribution in [0.1, 0.15) is 21.5 Å². The number of anilines is 2. The summed E-state index contributed by atoms with van der Waals surface area (Å²) in [5.74, 6) is -0.864. The second-order valence-corrected chi connectivity index (χ2v) is 11.4. The lowest BCUT2D eigenvalue weighted by molar-refractivity contribution is -0.114. The minimum Gasteiger partial charge on any atom is -0.321 e. The number of carbonyl (C=O) groups is 3. The summed E-state index contributed by atoms with van der Waals surface area (Å²) in [5, 5.41) is 10.9. The van der Waals surface area contributed by atoms with E-state index in [1.165, 1.54) is 23.1 Å². The Morgan fingerprint density at radius 2 is 1.56 bits per heavy atom. The third kappa shape index (κ3) is 8.28. The molecule has 0 fully saturated rings. The maximum atomic E-state index is 13.4. The fourth-order valence-electron chi connectivity index (χ4n) is 4.09. The first-order chi connectivity index (χ1) is 20.9. The summed E-state index contributed by atoms with van der Waals surface area (Å²) in [5.41, 5.74) is 4.67. The molecule has 0 aliphatic carbocycles. The van der Waals surface area contributed by atoms with Gasteiger partial charge in [0.2, 0.25) is 5.91 Å². The predicted octanol–water partition coefficient (Wildman–Crippen LogP) is 7.26. The van der Waals surface area contributed by atoms with Crippen molar-refractivity contribution in [1.82, 2.24) is 10.3 Å². The molecule has 0 aliphatic rings. The van der Waals surface area contributed by atoms with Crippen LogP contribution in [0.2, 0.25) is 0 Å². The number of aromatic nitrogens is 1. The fourth-order valence-corrected chi connectivity index (χ4v) is 5.58. The summed E-state index contributed by atoms with van der Waals surface area (Å²) in [6, 6.07) is 33.3. The monoisotopic (exact) mass is 604 g/mol. The van der Waals surface area contributed by atoms with Crippen molar-refractivity contribution in [3.05, 3.63) is 137 Å². The van der Waals surface area contributed by atoms with E-state index in [9.17, 15) is 14.4 Å². The highest BCUT2D eigenvalue weighted by atomic mass is 32.2. The van der Waals surface area contributed by atoms with Crippen molar-refractivity contribution in [2.75, 3.05) is 16.4 Å². The maximum Gasteiger partial charge on any atom is 0.272 e. The van der Waals surface area contributed by atoms with Gasteiger partial charge in [0.25, 0.3) is 11.8 Å². The number of hydrogen-bond acceptors (Lipinski definition) is 6. The third-order valence-electron chi connectivity index (χ3n) is 6.30. The summed E-state index contributed by atoms with van der Waals surface area (Å²) in [6.07, 6.45) is 1.66. The van der Waals surface area contributed by atoms with Crippen LogP contribution in [0.4, 0.5) is 10.8 Å². The highest BCUT2D eigenvalue weighted by Crippen LogP contribution is 2.26. The molecule has 0 radical (unpaired) electrons. The quantitative estimate of drug-likeness (QED) is 0.115. The molecule has 0 aliphatic heterocycles. The predicted molar refractivity (Wildman–Crippen MR) is 175 cm³/mol. The van der Waals surface area contributed by atoms with Gasteiger partial charge in [-0.3, -0.25) is 14.4 Å². The van der Waals surface area contributed by atoms with Crippen LogP contribution in [0.25, 0.3) is 17.3 Å².